The van der Waals surface area contributed by atoms with Gasteiger partial charge in [-0.05, 0) is 45.4 Å². The van der Waals surface area contributed by atoms with Crippen LogP contribution in [-0.4, -0.2) is 47.8 Å². The maximum atomic E-state index is 11.1. The molecule has 0 aliphatic carbocycles. The third-order valence-corrected chi connectivity index (χ3v) is 4.66. The molecule has 1 aliphatic rings. The van der Waals surface area contributed by atoms with Crippen LogP contribution in [0.4, 0.5) is 0 Å². The second-order valence-electron chi connectivity index (χ2n) is 6.26. The van der Waals surface area contributed by atoms with Crippen LogP contribution in [0.25, 0.3) is 0 Å². The van der Waals surface area contributed by atoms with Crippen molar-refractivity contribution >= 4 is 5.97 Å². The molecule has 2 rings (SSSR count). The summed E-state index contributed by atoms with van der Waals surface area (Å²) in [5.74, 6) is -1.64. The Morgan fingerprint density at radius 2 is 1.57 bits per heavy atom. The topological polar surface area (TPSA) is 104 Å². The van der Waals surface area contributed by atoms with Crippen molar-refractivity contribution in [3.05, 3.63) is 29.3 Å². The second kappa shape index (κ2) is 4.67. The highest BCUT2D eigenvalue weighted by Gasteiger charge is 2.58. The van der Waals surface area contributed by atoms with E-state index in [1.165, 1.54) is 18.2 Å². The number of phenols is 1. The number of aromatic carboxylic acids is 1. The number of nitrogens with zero attached hydrogens (tertiary/aromatic N) is 2. The van der Waals surface area contributed by atoms with Gasteiger partial charge in [0.05, 0.1) is 11.1 Å². The first-order chi connectivity index (χ1) is 9.51. The number of hydroxylamine groups is 4. The standard InChI is InChI=1S/C14H20N2O5/c1-13(2)14(3,4)16(21)11(15(13)20)8-5-6-10(17)9(7-8)12(18)19/h5-7,11,17,20-21H,1-4H3,(H,18,19). The van der Waals surface area contributed by atoms with E-state index in [1.807, 2.05) is 0 Å². The largest absolute Gasteiger partial charge is 0.507 e. The first-order valence-corrected chi connectivity index (χ1v) is 6.54. The van der Waals surface area contributed by atoms with Gasteiger partial charge in [0.25, 0.3) is 0 Å². The van der Waals surface area contributed by atoms with Crippen molar-refractivity contribution in [1.82, 2.24) is 10.1 Å². The van der Waals surface area contributed by atoms with Crippen LogP contribution in [-0.2, 0) is 0 Å². The average Bonchev–Trinajstić information content (AvgIpc) is 2.49. The van der Waals surface area contributed by atoms with Crippen molar-refractivity contribution in [1.29, 1.82) is 0 Å². The van der Waals surface area contributed by atoms with E-state index >= 15 is 0 Å². The van der Waals surface area contributed by atoms with Crippen LogP contribution < -0.4 is 0 Å². The summed E-state index contributed by atoms with van der Waals surface area (Å²) in [6.07, 6.45) is -0.923. The summed E-state index contributed by atoms with van der Waals surface area (Å²) in [5.41, 5.74) is -1.45. The van der Waals surface area contributed by atoms with Gasteiger partial charge in [0.15, 0.2) is 0 Å². The molecule has 0 atom stereocenters. The van der Waals surface area contributed by atoms with Gasteiger partial charge in [-0.3, -0.25) is 0 Å². The first-order valence-electron chi connectivity index (χ1n) is 6.54. The summed E-state index contributed by atoms with van der Waals surface area (Å²) in [7, 11) is 0. The lowest BCUT2D eigenvalue weighted by Crippen LogP contribution is -2.52. The Labute approximate surface area is 122 Å². The second-order valence-corrected chi connectivity index (χ2v) is 6.26. The highest BCUT2D eigenvalue weighted by Crippen LogP contribution is 2.47. The fraction of sp³-hybridized carbons (Fsp3) is 0.500. The summed E-state index contributed by atoms with van der Waals surface area (Å²) in [6, 6.07) is 3.95. The number of carboxylic acid groups (broad SMARTS) is 1. The van der Waals surface area contributed by atoms with E-state index in [-0.39, 0.29) is 11.3 Å². The quantitative estimate of drug-likeness (QED) is 0.662. The molecule has 7 nitrogen and oxygen atoms in total. The Balaban J connectivity index is 2.53. The highest BCUT2D eigenvalue weighted by atomic mass is 16.6. The third kappa shape index (κ3) is 2.09. The fourth-order valence-electron chi connectivity index (χ4n) is 2.44. The fourth-order valence-corrected chi connectivity index (χ4v) is 2.44. The normalized spacial score (nSPS) is 22.6. The Bertz CT molecular complexity index is 565. The van der Waals surface area contributed by atoms with E-state index < -0.39 is 23.2 Å². The lowest BCUT2D eigenvalue weighted by atomic mass is 9.84. The Morgan fingerprint density at radius 3 is 2.00 bits per heavy atom. The van der Waals surface area contributed by atoms with Crippen molar-refractivity contribution in [2.45, 2.75) is 44.9 Å². The molecular formula is C14H20N2O5. The lowest BCUT2D eigenvalue weighted by Gasteiger charge is -2.37. The van der Waals surface area contributed by atoms with Gasteiger partial charge in [-0.2, -0.15) is 10.1 Å². The highest BCUT2D eigenvalue weighted by molar-refractivity contribution is 5.90. The van der Waals surface area contributed by atoms with Gasteiger partial charge in [-0.1, -0.05) is 6.07 Å². The van der Waals surface area contributed by atoms with Gasteiger partial charge in [-0.25, -0.2) is 4.79 Å². The zero-order chi connectivity index (χ0) is 16.2. The minimum atomic E-state index is -1.28. The van der Waals surface area contributed by atoms with Crippen molar-refractivity contribution in [3.63, 3.8) is 0 Å². The van der Waals surface area contributed by atoms with Gasteiger partial charge in [-0.15, -0.1) is 0 Å². The third-order valence-electron chi connectivity index (χ3n) is 4.66. The van der Waals surface area contributed by atoms with E-state index in [2.05, 4.69) is 0 Å². The summed E-state index contributed by atoms with van der Waals surface area (Å²) < 4.78 is 0. The summed E-state index contributed by atoms with van der Waals surface area (Å²) >= 11 is 0. The smallest absolute Gasteiger partial charge is 0.339 e. The molecule has 0 unspecified atom stereocenters. The number of carboxylic acids is 1. The molecule has 1 fully saturated rings. The van der Waals surface area contributed by atoms with Crippen molar-refractivity contribution in [3.8, 4) is 5.75 Å². The Kier molecular flexibility index (Phi) is 3.50. The summed E-state index contributed by atoms with van der Waals surface area (Å²) in [5, 5.41) is 41.4. The molecule has 0 aromatic heterocycles. The van der Waals surface area contributed by atoms with Gasteiger partial charge in [0, 0.05) is 0 Å². The predicted molar refractivity (Wildman–Crippen MR) is 73.2 cm³/mol. The van der Waals surface area contributed by atoms with Crippen LogP contribution in [0.3, 0.4) is 0 Å². The molecule has 0 bridgehead atoms. The zero-order valence-corrected chi connectivity index (χ0v) is 12.4. The van der Waals surface area contributed by atoms with Crippen molar-refractivity contribution in [2.75, 3.05) is 0 Å². The lowest BCUT2D eigenvalue weighted by molar-refractivity contribution is -0.223. The molecule has 116 valence electrons. The zero-order valence-electron chi connectivity index (χ0n) is 12.4. The van der Waals surface area contributed by atoms with Crippen LogP contribution in [0.15, 0.2) is 18.2 Å². The molecule has 4 N–H and O–H groups in total. The number of hydrogen-bond acceptors (Lipinski definition) is 6. The first kappa shape index (κ1) is 15.7. The van der Waals surface area contributed by atoms with E-state index in [0.29, 0.717) is 5.56 Å². The van der Waals surface area contributed by atoms with E-state index in [1.54, 1.807) is 27.7 Å². The Morgan fingerprint density at radius 1 is 1.10 bits per heavy atom. The molecule has 0 amide bonds. The number of rotatable bonds is 2. The van der Waals surface area contributed by atoms with Crippen molar-refractivity contribution < 1.29 is 25.4 Å². The van der Waals surface area contributed by atoms with Crippen LogP contribution in [0, 0.1) is 0 Å². The molecule has 21 heavy (non-hydrogen) atoms. The van der Waals surface area contributed by atoms with Crippen LogP contribution >= 0.6 is 0 Å². The summed E-state index contributed by atoms with van der Waals surface area (Å²) in [4.78, 5) is 11.1. The van der Waals surface area contributed by atoms with Crippen LogP contribution in [0.2, 0.25) is 0 Å². The molecule has 0 radical (unpaired) electrons. The van der Waals surface area contributed by atoms with Gasteiger partial charge in [0.2, 0.25) is 0 Å². The van der Waals surface area contributed by atoms with E-state index in [9.17, 15) is 20.3 Å². The van der Waals surface area contributed by atoms with E-state index in [0.717, 1.165) is 10.1 Å². The molecule has 1 heterocycles. The molecule has 1 saturated heterocycles. The van der Waals surface area contributed by atoms with Gasteiger partial charge >= 0.3 is 5.97 Å². The minimum absolute atomic E-state index is 0.281. The monoisotopic (exact) mass is 296 g/mol. The number of benzene rings is 1. The maximum Gasteiger partial charge on any atom is 0.339 e. The molecule has 1 aromatic carbocycles. The van der Waals surface area contributed by atoms with Crippen LogP contribution in [0.5, 0.6) is 5.75 Å². The molecule has 1 aliphatic heterocycles. The predicted octanol–water partition coefficient (Wildman–Crippen LogP) is 2.04. The SMILES string of the molecule is CC1(C)N(O)C(c2ccc(O)c(C(=O)O)c2)N(O)C1(C)C. The van der Waals surface area contributed by atoms with E-state index in [4.69, 9.17) is 5.11 Å². The molecule has 0 spiro atoms. The minimum Gasteiger partial charge on any atom is -0.507 e. The number of carbonyl (C=O) groups is 1. The number of aromatic hydroxyl groups is 1. The maximum absolute atomic E-state index is 11.1. The molecule has 0 saturated carbocycles. The molecule has 1 aromatic rings. The van der Waals surface area contributed by atoms with Gasteiger partial charge in [0.1, 0.15) is 17.5 Å². The average molecular weight is 296 g/mol. The summed E-state index contributed by atoms with van der Waals surface area (Å²) in [6.45, 7) is 7.09. The van der Waals surface area contributed by atoms with Crippen molar-refractivity contribution in [2.24, 2.45) is 0 Å². The number of hydrogen-bond donors (Lipinski definition) is 4. The molecule has 7 heteroatoms. The van der Waals surface area contributed by atoms with Crippen LogP contribution in [0.1, 0.15) is 49.8 Å². The Hall–Kier alpha value is -1.67. The van der Waals surface area contributed by atoms with Gasteiger partial charge < -0.3 is 20.6 Å². The molecular weight excluding hydrogens is 276 g/mol.